The van der Waals surface area contributed by atoms with Crippen LogP contribution in [-0.4, -0.2) is 39.9 Å². The number of alkyl halides is 3. The van der Waals surface area contributed by atoms with E-state index < -0.39 is 39.2 Å². The molecule has 0 saturated carbocycles. The van der Waals surface area contributed by atoms with Crippen molar-refractivity contribution < 1.29 is 31.1 Å². The lowest BCUT2D eigenvalue weighted by atomic mass is 10.2. The van der Waals surface area contributed by atoms with E-state index in [0.29, 0.717) is 28.3 Å². The van der Waals surface area contributed by atoms with E-state index in [4.69, 9.17) is 16.3 Å². The van der Waals surface area contributed by atoms with Crippen LogP contribution in [0, 0.1) is 0 Å². The fourth-order valence-electron chi connectivity index (χ4n) is 2.61. The molecule has 0 atom stereocenters. The Morgan fingerprint density at radius 3 is 2.45 bits per heavy atom. The van der Waals surface area contributed by atoms with E-state index in [2.05, 4.69) is 17.5 Å². The fraction of sp³-hybridized carbons (Fsp3) is 0.333. The van der Waals surface area contributed by atoms with Crippen LogP contribution < -0.4 is 14.5 Å². The predicted octanol–water partition coefficient (Wildman–Crippen LogP) is 4.45. The molecule has 0 spiro atoms. The fourth-order valence-corrected chi connectivity index (χ4v) is 3.69. The van der Waals surface area contributed by atoms with Gasteiger partial charge in [-0.2, -0.15) is 18.3 Å². The number of unbranched alkanes of at least 4 members (excludes halogenated alkanes) is 1. The summed E-state index contributed by atoms with van der Waals surface area (Å²) in [4.78, 5) is 12.2. The van der Waals surface area contributed by atoms with Crippen molar-refractivity contribution in [2.75, 3.05) is 23.7 Å². The molecule has 0 fully saturated rings. The van der Waals surface area contributed by atoms with Gasteiger partial charge in [-0.05, 0) is 54.4 Å². The first-order chi connectivity index (χ1) is 15.4. The van der Waals surface area contributed by atoms with E-state index >= 15 is 0 Å². The first kappa shape index (κ1) is 26.5. The highest BCUT2D eigenvalue weighted by atomic mass is 35.5. The Kier molecular flexibility index (Phi) is 9.12. The van der Waals surface area contributed by atoms with Gasteiger partial charge in [-0.1, -0.05) is 24.9 Å². The molecule has 0 saturated heterocycles. The second-order valence-electron chi connectivity index (χ2n) is 7.00. The van der Waals surface area contributed by atoms with Crippen LogP contribution in [0.5, 0.6) is 5.75 Å². The van der Waals surface area contributed by atoms with Crippen LogP contribution in [0.15, 0.2) is 47.6 Å². The molecule has 12 heteroatoms. The minimum atomic E-state index is -4.79. The van der Waals surface area contributed by atoms with E-state index in [1.165, 1.54) is 6.21 Å². The number of hydrazone groups is 1. The van der Waals surface area contributed by atoms with Crippen molar-refractivity contribution in [3.8, 4) is 5.75 Å². The van der Waals surface area contributed by atoms with Gasteiger partial charge in [0.05, 0.1) is 35.4 Å². The van der Waals surface area contributed by atoms with Crippen LogP contribution in [-0.2, 0) is 21.0 Å². The molecule has 0 heterocycles. The average Bonchev–Trinajstić information content (AvgIpc) is 2.72. The highest BCUT2D eigenvalue weighted by Crippen LogP contribution is 2.37. The quantitative estimate of drug-likeness (QED) is 0.293. The minimum absolute atomic E-state index is 0.355. The molecule has 180 valence electrons. The normalized spacial score (nSPS) is 12.1. The van der Waals surface area contributed by atoms with Gasteiger partial charge in [0.2, 0.25) is 10.0 Å². The van der Waals surface area contributed by atoms with Gasteiger partial charge in [0.15, 0.2) is 0 Å². The van der Waals surface area contributed by atoms with Crippen LogP contribution in [0.3, 0.4) is 0 Å². The van der Waals surface area contributed by atoms with E-state index in [1.54, 1.807) is 24.3 Å². The van der Waals surface area contributed by atoms with Crippen molar-refractivity contribution in [1.29, 1.82) is 0 Å². The highest BCUT2D eigenvalue weighted by Gasteiger charge is 2.34. The summed E-state index contributed by atoms with van der Waals surface area (Å²) in [6.45, 7) is 1.88. The van der Waals surface area contributed by atoms with Crippen LogP contribution >= 0.6 is 11.6 Å². The third-order valence-electron chi connectivity index (χ3n) is 4.28. The Morgan fingerprint density at radius 2 is 1.88 bits per heavy atom. The van der Waals surface area contributed by atoms with Crippen molar-refractivity contribution in [1.82, 2.24) is 5.43 Å². The van der Waals surface area contributed by atoms with Crippen LogP contribution in [0.2, 0.25) is 5.02 Å². The summed E-state index contributed by atoms with van der Waals surface area (Å²) in [6.07, 6.45) is -0.729. The summed E-state index contributed by atoms with van der Waals surface area (Å²) >= 11 is 5.58. The molecular formula is C21H23ClF3N3O4S. The number of carbonyl (C=O) groups is 1. The number of ether oxygens (including phenoxy) is 1. The van der Waals surface area contributed by atoms with Gasteiger partial charge in [-0.3, -0.25) is 9.10 Å². The summed E-state index contributed by atoms with van der Waals surface area (Å²) < 4.78 is 69.7. The van der Waals surface area contributed by atoms with E-state index in [9.17, 15) is 26.4 Å². The number of halogens is 4. The topological polar surface area (TPSA) is 88.1 Å². The van der Waals surface area contributed by atoms with Crippen molar-refractivity contribution in [2.24, 2.45) is 5.10 Å². The number of nitrogens with zero attached hydrogens (tertiary/aromatic N) is 2. The Bertz CT molecular complexity index is 1090. The molecule has 0 bridgehead atoms. The third-order valence-corrected chi connectivity index (χ3v) is 5.75. The molecule has 0 aromatic heterocycles. The van der Waals surface area contributed by atoms with Gasteiger partial charge in [0.1, 0.15) is 12.3 Å². The molecule has 0 aliphatic rings. The van der Waals surface area contributed by atoms with Crippen molar-refractivity contribution in [3.63, 3.8) is 0 Å². The van der Waals surface area contributed by atoms with Crippen LogP contribution in [0.4, 0.5) is 18.9 Å². The molecule has 33 heavy (non-hydrogen) atoms. The smallest absolute Gasteiger partial charge is 0.417 e. The van der Waals surface area contributed by atoms with Crippen LogP contribution in [0.25, 0.3) is 0 Å². The molecule has 0 radical (unpaired) electrons. The number of benzene rings is 2. The molecule has 0 aliphatic carbocycles. The van der Waals surface area contributed by atoms with Gasteiger partial charge in [-0.15, -0.1) is 0 Å². The lowest BCUT2D eigenvalue weighted by Gasteiger charge is -2.22. The van der Waals surface area contributed by atoms with Gasteiger partial charge in [0.25, 0.3) is 5.91 Å². The molecule has 0 unspecified atom stereocenters. The average molecular weight is 506 g/mol. The Labute approximate surface area is 195 Å². The monoisotopic (exact) mass is 505 g/mol. The number of amides is 1. The van der Waals surface area contributed by atoms with E-state index in [1.807, 2.05) is 0 Å². The number of rotatable bonds is 10. The molecule has 1 amide bonds. The van der Waals surface area contributed by atoms with Gasteiger partial charge < -0.3 is 4.74 Å². The molecule has 2 aromatic carbocycles. The lowest BCUT2D eigenvalue weighted by Crippen LogP contribution is -2.39. The second kappa shape index (κ2) is 11.4. The minimum Gasteiger partial charge on any atom is -0.494 e. The standard InChI is InChI=1S/C21H23ClF3N3O4S/c1-3-4-11-32-17-8-5-15(6-9-17)13-26-27-20(29)14-28(33(2,30)31)16-7-10-19(22)18(12-16)21(23,24)25/h5-10,12-13H,3-4,11,14H2,1-2H3,(H,27,29)/b26-13-. The number of carbonyl (C=O) groups excluding carboxylic acids is 1. The summed E-state index contributed by atoms with van der Waals surface area (Å²) in [5, 5.41) is 3.17. The second-order valence-corrected chi connectivity index (χ2v) is 9.31. The summed E-state index contributed by atoms with van der Waals surface area (Å²) in [5.41, 5.74) is 1.24. The molecule has 7 nitrogen and oxygen atoms in total. The highest BCUT2D eigenvalue weighted by molar-refractivity contribution is 7.92. The zero-order valence-corrected chi connectivity index (χ0v) is 19.5. The number of hydrogen-bond donors (Lipinski definition) is 1. The van der Waals surface area contributed by atoms with Gasteiger partial charge >= 0.3 is 6.18 Å². The SMILES string of the molecule is CCCCOc1ccc(/C=N\NC(=O)CN(c2ccc(Cl)c(C(F)(F)F)c2)S(C)(=O)=O)cc1. The van der Waals surface area contributed by atoms with Crippen LogP contribution in [0.1, 0.15) is 30.9 Å². The largest absolute Gasteiger partial charge is 0.494 e. The lowest BCUT2D eigenvalue weighted by molar-refractivity contribution is -0.137. The number of nitrogens with one attached hydrogen (secondary N) is 1. The molecular weight excluding hydrogens is 483 g/mol. The molecule has 1 N–H and O–H groups in total. The van der Waals surface area contributed by atoms with Crippen molar-refractivity contribution in [3.05, 3.63) is 58.6 Å². The van der Waals surface area contributed by atoms with Crippen molar-refractivity contribution >= 4 is 39.4 Å². The number of anilines is 1. The van der Waals surface area contributed by atoms with Gasteiger partial charge in [-0.25, -0.2) is 13.8 Å². The summed E-state index contributed by atoms with van der Waals surface area (Å²) in [7, 11) is -4.08. The maximum Gasteiger partial charge on any atom is 0.417 e. The zero-order valence-electron chi connectivity index (χ0n) is 17.9. The summed E-state index contributed by atoms with van der Waals surface area (Å²) in [5.74, 6) is -0.158. The Morgan fingerprint density at radius 1 is 1.21 bits per heavy atom. The Balaban J connectivity index is 2.07. The number of sulfonamides is 1. The maximum atomic E-state index is 13.1. The first-order valence-electron chi connectivity index (χ1n) is 9.81. The van der Waals surface area contributed by atoms with E-state index in [0.717, 1.165) is 31.2 Å². The Hall–Kier alpha value is -2.79. The first-order valence-corrected chi connectivity index (χ1v) is 12.0. The maximum absolute atomic E-state index is 13.1. The van der Waals surface area contributed by atoms with E-state index in [-0.39, 0.29) is 5.69 Å². The molecule has 2 rings (SSSR count). The molecule has 0 aliphatic heterocycles. The molecule has 2 aromatic rings. The third kappa shape index (κ3) is 8.25. The van der Waals surface area contributed by atoms with Gasteiger partial charge in [0, 0.05) is 0 Å². The predicted molar refractivity (Wildman–Crippen MR) is 121 cm³/mol. The zero-order chi connectivity index (χ0) is 24.6. The van der Waals surface area contributed by atoms with Crippen molar-refractivity contribution in [2.45, 2.75) is 25.9 Å². The number of hydrogen-bond acceptors (Lipinski definition) is 5. The summed E-state index contributed by atoms with van der Waals surface area (Å²) in [6, 6.07) is 9.48.